The average molecular weight is 1040 g/mol. The molecule has 340 valence electrons. The molecule has 3 atom stereocenters. The normalized spacial score (nSPS) is 12.7. The molecule has 4 aromatic rings. The number of benzene rings is 2. The predicted molar refractivity (Wildman–Crippen MR) is 215 cm³/mol. The van der Waals surface area contributed by atoms with E-state index in [1.807, 2.05) is 0 Å². The van der Waals surface area contributed by atoms with Gasteiger partial charge in [0.15, 0.2) is 0 Å². The number of hydrogen-bond donors (Lipinski definition) is 10. The molecule has 10 N–H and O–H groups in total. The molecule has 3 unspecified atom stereocenters. The second-order valence-electron chi connectivity index (χ2n) is 12.3. The molecule has 0 saturated heterocycles. The van der Waals surface area contributed by atoms with Crippen LogP contribution in [0.5, 0.6) is 5.75 Å². The summed E-state index contributed by atoms with van der Waals surface area (Å²) in [5.74, 6) is -3.38. The van der Waals surface area contributed by atoms with Gasteiger partial charge in [-0.25, -0.2) is 29.5 Å². The number of nitrogens with zero attached hydrogens (tertiary/aromatic N) is 6. The van der Waals surface area contributed by atoms with Gasteiger partial charge < -0.3 is 74.7 Å². The zero-order valence-electron chi connectivity index (χ0n) is 35.4. The van der Waals surface area contributed by atoms with E-state index >= 15 is 0 Å². The van der Waals surface area contributed by atoms with E-state index in [-0.39, 0.29) is 195 Å². The molecule has 28 nitrogen and oxygen atoms in total. The van der Waals surface area contributed by atoms with E-state index in [0.29, 0.717) is 0 Å². The fraction of sp³-hybridized carbons (Fsp3) is 0.333. The smallest absolute Gasteiger partial charge is 0.748 e. The average Bonchev–Trinajstić information content (AvgIpc) is 3.17. The van der Waals surface area contributed by atoms with Crippen molar-refractivity contribution in [3.63, 3.8) is 0 Å². The Morgan fingerprint density at radius 1 is 0.606 bits per heavy atom. The third-order valence-electron chi connectivity index (χ3n) is 7.36. The Kier molecular flexibility index (Phi) is 29.6. The van der Waals surface area contributed by atoms with Gasteiger partial charge in [-0.2, -0.15) is 29.9 Å². The Hall–Kier alpha value is -1.52. The van der Waals surface area contributed by atoms with E-state index in [1.165, 1.54) is 36.4 Å². The Labute approximate surface area is 468 Å². The Bertz CT molecular complexity index is 2600. The quantitative estimate of drug-likeness (QED) is 0.0127. The summed E-state index contributed by atoms with van der Waals surface area (Å²) in [4.78, 5) is 23.5. The first kappa shape index (κ1) is 64.5. The number of hydrogen-bond acceptors (Lipinski definition) is 28. The van der Waals surface area contributed by atoms with Crippen LogP contribution in [0.15, 0.2) is 41.3 Å². The fourth-order valence-electron chi connectivity index (χ4n) is 4.60. The van der Waals surface area contributed by atoms with Gasteiger partial charge in [-0.15, -0.1) is 0 Å². The summed E-state index contributed by atoms with van der Waals surface area (Å²) in [5, 5.41) is 53.3. The van der Waals surface area contributed by atoms with Crippen molar-refractivity contribution >= 4 is 101 Å². The van der Waals surface area contributed by atoms with E-state index in [1.54, 1.807) is 0 Å². The van der Waals surface area contributed by atoms with Crippen molar-refractivity contribution in [2.24, 2.45) is 0 Å². The van der Waals surface area contributed by atoms with E-state index < -0.39 is 96.6 Å². The molecule has 0 bridgehead atoms. The standard InChI is InChI=1S/C30H40N12O16S4.4Na/c43-15-21(45)13-33-27-37-25(31-7-9-60(49,50)51)39-29(41-27)35-19-5-3-17(23(11-19)58-59(47)48)1-2-18-4-6-20(12-24(18)62(55,56)57)36-30-40-26(32-8-10-61(52,53)54)38-28(42-30)34-14-22(46)16-44;;;;/h1-6,11-12,21-22,43-46H,7-10,13-16H2,(H,47,48)(H,49,50,51)(H,52,53,54)(H,55,56,57)(H3,31,33,35,37,39,41)(H3,32,34,36,38,40,42);;;;/q;4*+1/p-4. The SMILES string of the molecule is O=S([O-])Oc1cc(Nc2nc(NCCS(=O)(=O)[O-])nc(NCC(O)CO)n2)ccc1C=Cc1ccc(Nc2nc(NCCS(=O)(=O)[O-])nc(NCC(O)CO)n2)cc1S(=O)(=O)[O-].[Na+].[Na+].[Na+].[Na+]. The molecule has 0 aliphatic rings. The molecule has 2 aromatic heterocycles. The van der Waals surface area contributed by atoms with Crippen molar-refractivity contribution in [3.8, 4) is 5.75 Å². The first-order chi connectivity index (χ1) is 29.1. The molecule has 0 aliphatic heterocycles. The first-order valence-electron chi connectivity index (χ1n) is 17.3. The van der Waals surface area contributed by atoms with Crippen LogP contribution in [-0.2, 0) is 41.7 Å². The summed E-state index contributed by atoms with van der Waals surface area (Å²) >= 11 is -3.15. The molecular weight excluding hydrogens is 1000 g/mol. The number of aliphatic hydroxyl groups excluding tert-OH is 4. The van der Waals surface area contributed by atoms with Gasteiger partial charge in [0.05, 0.1) is 62.1 Å². The second kappa shape index (κ2) is 30.3. The number of aromatic nitrogens is 6. The van der Waals surface area contributed by atoms with Crippen LogP contribution in [-0.4, -0.2) is 161 Å². The van der Waals surface area contributed by atoms with Crippen LogP contribution >= 0.6 is 0 Å². The number of nitrogens with one attached hydrogen (secondary N) is 6. The van der Waals surface area contributed by atoms with Crippen LogP contribution < -0.4 is 154 Å². The van der Waals surface area contributed by atoms with Gasteiger partial charge in [-0.3, -0.25) is 0 Å². The van der Waals surface area contributed by atoms with Gasteiger partial charge in [0.1, 0.15) is 27.2 Å². The minimum Gasteiger partial charge on any atom is -0.748 e. The summed E-state index contributed by atoms with van der Waals surface area (Å²) in [6.45, 7) is -2.51. The molecule has 0 fully saturated rings. The Balaban J connectivity index is 0.0000106. The van der Waals surface area contributed by atoms with Crippen LogP contribution in [0.25, 0.3) is 12.2 Å². The maximum Gasteiger partial charge on any atom is 1.00 e. The van der Waals surface area contributed by atoms with E-state index in [0.717, 1.165) is 12.1 Å². The molecule has 36 heteroatoms. The van der Waals surface area contributed by atoms with Crippen molar-refractivity contribution in [2.75, 3.05) is 82.8 Å². The van der Waals surface area contributed by atoms with Crippen molar-refractivity contribution in [1.82, 2.24) is 29.9 Å². The Morgan fingerprint density at radius 2 is 0.985 bits per heavy atom. The van der Waals surface area contributed by atoms with Gasteiger partial charge in [0, 0.05) is 49.2 Å². The molecule has 0 radical (unpaired) electrons. The molecule has 0 saturated carbocycles. The van der Waals surface area contributed by atoms with E-state index in [4.69, 9.17) is 14.4 Å². The summed E-state index contributed by atoms with van der Waals surface area (Å²) in [5.41, 5.74) is -0.111. The molecule has 66 heavy (non-hydrogen) atoms. The van der Waals surface area contributed by atoms with E-state index in [2.05, 4.69) is 61.8 Å². The monoisotopic (exact) mass is 1040 g/mol. The molecule has 2 heterocycles. The maximum atomic E-state index is 12.4. The number of rotatable bonds is 25. The molecule has 0 amide bonds. The van der Waals surface area contributed by atoms with E-state index in [9.17, 15) is 57.9 Å². The third-order valence-corrected chi connectivity index (χ3v) is 9.98. The predicted octanol–water partition coefficient (Wildman–Crippen LogP) is -14.7. The van der Waals surface area contributed by atoms with Crippen molar-refractivity contribution in [2.45, 2.75) is 17.1 Å². The van der Waals surface area contributed by atoms with Gasteiger partial charge in [-0.05, 0) is 29.8 Å². The van der Waals surface area contributed by atoms with Crippen LogP contribution in [0.1, 0.15) is 11.1 Å². The second-order valence-corrected chi connectivity index (χ2v) is 17.2. The van der Waals surface area contributed by atoms with Gasteiger partial charge in [0.25, 0.3) is 0 Å². The number of aliphatic hydroxyl groups is 4. The number of anilines is 8. The van der Waals surface area contributed by atoms with Gasteiger partial charge >= 0.3 is 118 Å². The van der Waals surface area contributed by atoms with Gasteiger partial charge in [-0.1, -0.05) is 18.2 Å². The fourth-order valence-corrected chi connectivity index (χ4v) is 6.29. The topological polar surface area (TPSA) is 451 Å². The maximum absolute atomic E-state index is 12.4. The summed E-state index contributed by atoms with van der Waals surface area (Å²) < 4.78 is 132. The third kappa shape index (κ3) is 23.9. The Morgan fingerprint density at radius 3 is 1.38 bits per heavy atom. The van der Waals surface area contributed by atoms with Crippen molar-refractivity contribution in [3.05, 3.63) is 47.5 Å². The molecule has 0 spiro atoms. The van der Waals surface area contributed by atoms with Crippen molar-refractivity contribution in [1.29, 1.82) is 0 Å². The summed E-state index contributed by atoms with van der Waals surface area (Å²) in [6, 6.07) is 7.30. The van der Waals surface area contributed by atoms with Crippen molar-refractivity contribution < 1.29 is 191 Å². The minimum absolute atomic E-state index is 0. The van der Waals surface area contributed by atoms with Crippen LogP contribution in [0.4, 0.5) is 47.1 Å². The molecule has 0 aliphatic carbocycles. The molecular formula is C30H36N12Na4O16S4. The minimum atomic E-state index is -5.22. The zero-order chi connectivity index (χ0) is 45.7. The summed E-state index contributed by atoms with van der Waals surface area (Å²) in [7, 11) is -14.4. The van der Waals surface area contributed by atoms with Gasteiger partial charge in [0.2, 0.25) is 35.7 Å². The zero-order valence-corrected chi connectivity index (χ0v) is 46.7. The van der Waals surface area contributed by atoms with Crippen LogP contribution in [0.2, 0.25) is 0 Å². The first-order valence-corrected chi connectivity index (χ1v) is 22.8. The van der Waals surface area contributed by atoms with Crippen LogP contribution in [0.3, 0.4) is 0 Å². The summed E-state index contributed by atoms with van der Waals surface area (Å²) in [6.07, 6.45) is -0.0774. The van der Waals surface area contributed by atoms with Crippen LogP contribution in [0, 0.1) is 0 Å². The largest absolute Gasteiger partial charge is 1.00 e. The molecule has 2 aromatic carbocycles. The molecule has 4 rings (SSSR count).